The van der Waals surface area contributed by atoms with E-state index < -0.39 is 0 Å². The van der Waals surface area contributed by atoms with Crippen molar-refractivity contribution in [3.63, 3.8) is 0 Å². The minimum Gasteiger partial charge on any atom is -0.496 e. The van der Waals surface area contributed by atoms with Crippen LogP contribution in [0.15, 0.2) is 38.6 Å². The SMILES string of the molecule is COc1ccccc1[C@H](C)N(C)C(=O)c1cc(Br)c(Br)s1. The van der Waals surface area contributed by atoms with Gasteiger partial charge in [-0.3, -0.25) is 4.79 Å². The van der Waals surface area contributed by atoms with Gasteiger partial charge in [-0.15, -0.1) is 11.3 Å². The van der Waals surface area contributed by atoms with Crippen LogP contribution >= 0.6 is 43.2 Å². The Morgan fingerprint density at radius 1 is 1.33 bits per heavy atom. The fourth-order valence-corrected chi connectivity index (χ4v) is 4.04. The van der Waals surface area contributed by atoms with E-state index in [0.717, 1.165) is 19.6 Å². The third-order valence-electron chi connectivity index (χ3n) is 3.35. The van der Waals surface area contributed by atoms with E-state index in [-0.39, 0.29) is 11.9 Å². The van der Waals surface area contributed by atoms with Crippen LogP contribution in [0.25, 0.3) is 0 Å². The van der Waals surface area contributed by atoms with Crippen molar-refractivity contribution in [1.82, 2.24) is 4.90 Å². The summed E-state index contributed by atoms with van der Waals surface area (Å²) in [4.78, 5) is 15.0. The van der Waals surface area contributed by atoms with Crippen molar-refractivity contribution in [3.8, 4) is 5.75 Å². The van der Waals surface area contributed by atoms with Gasteiger partial charge in [-0.05, 0) is 50.9 Å². The summed E-state index contributed by atoms with van der Waals surface area (Å²) in [6, 6.07) is 9.52. The number of hydrogen-bond acceptors (Lipinski definition) is 3. The van der Waals surface area contributed by atoms with Crippen molar-refractivity contribution >= 4 is 49.1 Å². The number of thiophene rings is 1. The molecule has 1 atom stereocenters. The Balaban J connectivity index is 2.26. The van der Waals surface area contributed by atoms with Crippen molar-refractivity contribution in [1.29, 1.82) is 0 Å². The van der Waals surface area contributed by atoms with Gasteiger partial charge in [-0.1, -0.05) is 18.2 Å². The maximum absolute atomic E-state index is 12.6. The first-order valence-corrected chi connectivity index (χ1v) is 8.70. The lowest BCUT2D eigenvalue weighted by molar-refractivity contribution is 0.0746. The Bertz CT molecular complexity index is 637. The average Bonchev–Trinajstić information content (AvgIpc) is 2.84. The molecule has 1 heterocycles. The Morgan fingerprint density at radius 2 is 2.00 bits per heavy atom. The number of rotatable bonds is 4. The van der Waals surface area contributed by atoms with E-state index in [9.17, 15) is 4.79 Å². The summed E-state index contributed by atoms with van der Waals surface area (Å²) < 4.78 is 7.19. The zero-order chi connectivity index (χ0) is 15.6. The summed E-state index contributed by atoms with van der Waals surface area (Å²) in [6.45, 7) is 1.99. The van der Waals surface area contributed by atoms with E-state index in [1.54, 1.807) is 19.1 Å². The molecule has 0 spiro atoms. The molecule has 6 heteroatoms. The number of ether oxygens (including phenoxy) is 1. The normalized spacial score (nSPS) is 12.0. The van der Waals surface area contributed by atoms with Gasteiger partial charge in [0.1, 0.15) is 5.75 Å². The summed E-state index contributed by atoms with van der Waals surface area (Å²) in [5, 5.41) is 0. The molecule has 0 aliphatic heterocycles. The molecule has 112 valence electrons. The largest absolute Gasteiger partial charge is 0.496 e. The Hall–Kier alpha value is -0.850. The molecule has 0 saturated carbocycles. The van der Waals surface area contributed by atoms with Crippen molar-refractivity contribution in [2.24, 2.45) is 0 Å². The molecule has 3 nitrogen and oxygen atoms in total. The molecular formula is C15H15Br2NO2S. The molecule has 0 bridgehead atoms. The quantitative estimate of drug-likeness (QED) is 0.671. The Morgan fingerprint density at radius 3 is 2.57 bits per heavy atom. The van der Waals surface area contributed by atoms with Gasteiger partial charge >= 0.3 is 0 Å². The van der Waals surface area contributed by atoms with E-state index in [1.807, 2.05) is 37.3 Å². The predicted molar refractivity (Wildman–Crippen MR) is 93.2 cm³/mol. The van der Waals surface area contributed by atoms with Crippen LogP contribution in [-0.2, 0) is 0 Å². The van der Waals surface area contributed by atoms with Crippen LogP contribution in [0.5, 0.6) is 5.75 Å². The molecule has 0 unspecified atom stereocenters. The zero-order valence-electron chi connectivity index (χ0n) is 11.9. The van der Waals surface area contributed by atoms with Crippen LogP contribution in [0, 0.1) is 0 Å². The van der Waals surface area contributed by atoms with Gasteiger partial charge in [0.15, 0.2) is 0 Å². The molecule has 0 saturated heterocycles. The molecule has 1 amide bonds. The highest BCUT2D eigenvalue weighted by molar-refractivity contribution is 9.13. The standard InChI is InChI=1S/C15H15Br2NO2S/c1-9(10-6-4-5-7-12(10)20-3)18(2)15(19)13-8-11(16)14(17)21-13/h4-9H,1-3H3/t9-/m0/s1. The lowest BCUT2D eigenvalue weighted by atomic mass is 10.1. The number of nitrogens with zero attached hydrogens (tertiary/aromatic N) is 1. The second-order valence-electron chi connectivity index (χ2n) is 4.57. The second kappa shape index (κ2) is 6.94. The molecule has 2 aromatic rings. The molecule has 0 fully saturated rings. The van der Waals surface area contributed by atoms with E-state index in [0.29, 0.717) is 4.88 Å². The molecule has 0 radical (unpaired) electrons. The number of para-hydroxylation sites is 1. The van der Waals surface area contributed by atoms with Crippen LogP contribution in [0.4, 0.5) is 0 Å². The lowest BCUT2D eigenvalue weighted by Crippen LogP contribution is -2.29. The molecule has 0 aliphatic rings. The van der Waals surface area contributed by atoms with Gasteiger partial charge in [0.05, 0.1) is 21.8 Å². The fraction of sp³-hybridized carbons (Fsp3) is 0.267. The van der Waals surface area contributed by atoms with Gasteiger partial charge in [0.2, 0.25) is 0 Å². The number of methoxy groups -OCH3 is 1. The monoisotopic (exact) mass is 431 g/mol. The Kier molecular flexibility index (Phi) is 5.46. The van der Waals surface area contributed by atoms with Gasteiger partial charge < -0.3 is 9.64 Å². The van der Waals surface area contributed by atoms with Crippen molar-refractivity contribution in [2.45, 2.75) is 13.0 Å². The lowest BCUT2D eigenvalue weighted by Gasteiger charge is -2.26. The third-order valence-corrected chi connectivity index (χ3v) is 6.59. The van der Waals surface area contributed by atoms with Gasteiger partial charge in [-0.2, -0.15) is 0 Å². The fourth-order valence-electron chi connectivity index (χ4n) is 2.02. The molecule has 21 heavy (non-hydrogen) atoms. The molecule has 1 aromatic heterocycles. The number of amides is 1. The van der Waals surface area contributed by atoms with Gasteiger partial charge in [-0.25, -0.2) is 0 Å². The van der Waals surface area contributed by atoms with Crippen LogP contribution in [-0.4, -0.2) is 25.0 Å². The number of hydrogen-bond donors (Lipinski definition) is 0. The number of carbonyl (C=O) groups is 1. The molecular weight excluding hydrogens is 418 g/mol. The number of benzene rings is 1. The zero-order valence-corrected chi connectivity index (χ0v) is 15.9. The minimum absolute atomic E-state index is 0.00944. The highest BCUT2D eigenvalue weighted by Gasteiger charge is 2.23. The first-order valence-electron chi connectivity index (χ1n) is 6.30. The minimum atomic E-state index is -0.0756. The van der Waals surface area contributed by atoms with Crippen molar-refractivity contribution in [3.05, 3.63) is 49.0 Å². The highest BCUT2D eigenvalue weighted by atomic mass is 79.9. The van der Waals surface area contributed by atoms with Crippen LogP contribution in [0.2, 0.25) is 0 Å². The molecule has 0 N–H and O–H groups in total. The van der Waals surface area contributed by atoms with E-state index in [1.165, 1.54) is 11.3 Å². The second-order valence-corrected chi connectivity index (χ2v) is 7.79. The summed E-state index contributed by atoms with van der Waals surface area (Å²) in [5.74, 6) is 0.781. The number of halogens is 2. The summed E-state index contributed by atoms with van der Waals surface area (Å²) >= 11 is 8.25. The molecule has 2 rings (SSSR count). The van der Waals surface area contributed by atoms with Crippen LogP contribution in [0.3, 0.4) is 0 Å². The molecule has 0 aliphatic carbocycles. The maximum Gasteiger partial charge on any atom is 0.264 e. The first-order chi connectivity index (χ1) is 9.95. The van der Waals surface area contributed by atoms with E-state index >= 15 is 0 Å². The molecule has 1 aromatic carbocycles. The third kappa shape index (κ3) is 3.49. The van der Waals surface area contributed by atoms with Gasteiger partial charge in [0, 0.05) is 17.1 Å². The summed E-state index contributed by atoms with van der Waals surface area (Å²) in [6.07, 6.45) is 0. The summed E-state index contributed by atoms with van der Waals surface area (Å²) in [7, 11) is 3.45. The Labute approximate surface area is 145 Å². The first kappa shape index (κ1) is 16.5. The average molecular weight is 433 g/mol. The highest BCUT2D eigenvalue weighted by Crippen LogP contribution is 2.35. The smallest absolute Gasteiger partial charge is 0.264 e. The van der Waals surface area contributed by atoms with Crippen LogP contribution in [0.1, 0.15) is 28.2 Å². The van der Waals surface area contributed by atoms with Gasteiger partial charge in [0.25, 0.3) is 5.91 Å². The van der Waals surface area contributed by atoms with Crippen molar-refractivity contribution in [2.75, 3.05) is 14.2 Å². The number of carbonyl (C=O) groups excluding carboxylic acids is 1. The van der Waals surface area contributed by atoms with E-state index in [4.69, 9.17) is 4.74 Å². The predicted octanol–water partition coefficient (Wildman–Crippen LogP) is 5.11. The van der Waals surface area contributed by atoms with Crippen molar-refractivity contribution < 1.29 is 9.53 Å². The van der Waals surface area contributed by atoms with E-state index in [2.05, 4.69) is 31.9 Å². The van der Waals surface area contributed by atoms with Crippen LogP contribution < -0.4 is 4.74 Å². The summed E-state index contributed by atoms with van der Waals surface area (Å²) in [5.41, 5.74) is 0.991. The maximum atomic E-state index is 12.6. The topological polar surface area (TPSA) is 29.5 Å².